The van der Waals surface area contributed by atoms with Gasteiger partial charge in [-0.3, -0.25) is 4.84 Å². The summed E-state index contributed by atoms with van der Waals surface area (Å²) in [7, 11) is 0. The molecule has 12 heavy (non-hydrogen) atoms. The molecular weight excluding hydrogens is 156 g/mol. The van der Waals surface area contributed by atoms with Crippen molar-refractivity contribution in [2.45, 2.75) is 0 Å². The Hall–Kier alpha value is -0.160. The number of rotatable bonds is 3. The van der Waals surface area contributed by atoms with Gasteiger partial charge in [-0.15, -0.1) is 0 Å². The zero-order valence-electron chi connectivity index (χ0n) is 7.29. The quantitative estimate of drug-likeness (QED) is 0.620. The molecular formula is C8H16N2O2. The van der Waals surface area contributed by atoms with Crippen molar-refractivity contribution in [3.63, 3.8) is 0 Å². The molecule has 2 aliphatic heterocycles. The standard InChI is InChI=1S/C8H16N2O2/c1-3-10(4-2-9-1)12-7-8-5-11-6-8/h8-9H,1-7H2. The van der Waals surface area contributed by atoms with E-state index in [2.05, 4.69) is 10.4 Å². The lowest BCUT2D eigenvalue weighted by Gasteiger charge is -2.31. The smallest absolute Gasteiger partial charge is 0.0757 e. The van der Waals surface area contributed by atoms with Crippen LogP contribution in [0.15, 0.2) is 0 Å². The fourth-order valence-electron chi connectivity index (χ4n) is 1.36. The van der Waals surface area contributed by atoms with Gasteiger partial charge < -0.3 is 10.1 Å². The summed E-state index contributed by atoms with van der Waals surface area (Å²) in [5.74, 6) is 0.639. The van der Waals surface area contributed by atoms with Crippen LogP contribution in [-0.2, 0) is 9.57 Å². The maximum absolute atomic E-state index is 5.60. The molecule has 0 atom stereocenters. The highest BCUT2D eigenvalue weighted by atomic mass is 16.7. The molecule has 2 fully saturated rings. The molecule has 4 heteroatoms. The van der Waals surface area contributed by atoms with Crippen molar-refractivity contribution in [1.29, 1.82) is 0 Å². The Labute approximate surface area is 72.8 Å². The minimum Gasteiger partial charge on any atom is -0.381 e. The third-order valence-electron chi connectivity index (χ3n) is 2.28. The van der Waals surface area contributed by atoms with E-state index in [4.69, 9.17) is 9.57 Å². The summed E-state index contributed by atoms with van der Waals surface area (Å²) in [4.78, 5) is 5.60. The average molecular weight is 172 g/mol. The molecule has 2 heterocycles. The molecule has 0 aromatic carbocycles. The molecule has 2 rings (SSSR count). The highest BCUT2D eigenvalue weighted by molar-refractivity contribution is 4.65. The van der Waals surface area contributed by atoms with Crippen molar-refractivity contribution < 1.29 is 9.57 Å². The largest absolute Gasteiger partial charge is 0.381 e. The van der Waals surface area contributed by atoms with Gasteiger partial charge in [-0.05, 0) is 0 Å². The monoisotopic (exact) mass is 172 g/mol. The molecule has 0 aromatic rings. The van der Waals surface area contributed by atoms with Gasteiger partial charge in [-0.25, -0.2) is 0 Å². The minimum atomic E-state index is 0.639. The number of ether oxygens (including phenoxy) is 1. The molecule has 0 amide bonds. The SMILES string of the molecule is C1CN(OCC2COC2)CCN1. The summed E-state index contributed by atoms with van der Waals surface area (Å²) >= 11 is 0. The first-order valence-corrected chi connectivity index (χ1v) is 4.61. The van der Waals surface area contributed by atoms with Crippen LogP contribution in [0.2, 0.25) is 0 Å². The van der Waals surface area contributed by atoms with E-state index in [1.54, 1.807) is 0 Å². The molecule has 0 radical (unpaired) electrons. The zero-order chi connectivity index (χ0) is 8.23. The van der Waals surface area contributed by atoms with Crippen LogP contribution < -0.4 is 5.32 Å². The van der Waals surface area contributed by atoms with E-state index in [-0.39, 0.29) is 0 Å². The first kappa shape index (κ1) is 8.44. The Balaban J connectivity index is 1.58. The van der Waals surface area contributed by atoms with Crippen LogP contribution in [0.1, 0.15) is 0 Å². The lowest BCUT2D eigenvalue weighted by Crippen LogP contribution is -2.45. The number of hydroxylamine groups is 2. The van der Waals surface area contributed by atoms with E-state index in [0.717, 1.165) is 46.0 Å². The predicted molar refractivity (Wildman–Crippen MR) is 44.7 cm³/mol. The van der Waals surface area contributed by atoms with Gasteiger partial charge in [0, 0.05) is 32.1 Å². The average Bonchev–Trinajstić information content (AvgIpc) is 2.04. The Morgan fingerprint density at radius 3 is 2.67 bits per heavy atom. The number of nitrogens with zero attached hydrogens (tertiary/aromatic N) is 1. The molecule has 0 bridgehead atoms. The fourth-order valence-corrected chi connectivity index (χ4v) is 1.36. The molecule has 4 nitrogen and oxygen atoms in total. The third kappa shape index (κ3) is 2.17. The van der Waals surface area contributed by atoms with Gasteiger partial charge in [-0.2, -0.15) is 5.06 Å². The Bertz CT molecular complexity index is 133. The summed E-state index contributed by atoms with van der Waals surface area (Å²) in [6.45, 7) is 6.70. The van der Waals surface area contributed by atoms with Crippen LogP contribution in [0.25, 0.3) is 0 Å². The molecule has 2 saturated heterocycles. The summed E-state index contributed by atoms with van der Waals surface area (Å²) in [6, 6.07) is 0. The van der Waals surface area contributed by atoms with Gasteiger partial charge in [0.1, 0.15) is 0 Å². The first-order valence-electron chi connectivity index (χ1n) is 4.61. The van der Waals surface area contributed by atoms with E-state index in [1.807, 2.05) is 0 Å². The van der Waals surface area contributed by atoms with Crippen molar-refractivity contribution in [2.75, 3.05) is 46.0 Å². The molecule has 2 aliphatic rings. The summed E-state index contributed by atoms with van der Waals surface area (Å²) in [5.41, 5.74) is 0. The van der Waals surface area contributed by atoms with E-state index >= 15 is 0 Å². The predicted octanol–water partition coefficient (Wildman–Crippen LogP) is -0.530. The second kappa shape index (κ2) is 4.18. The summed E-state index contributed by atoms with van der Waals surface area (Å²) in [5, 5.41) is 5.33. The first-order chi connectivity index (χ1) is 5.95. The highest BCUT2D eigenvalue weighted by Gasteiger charge is 2.20. The second-order valence-corrected chi connectivity index (χ2v) is 3.38. The van der Waals surface area contributed by atoms with E-state index < -0.39 is 0 Å². The minimum absolute atomic E-state index is 0.639. The number of hydrogen-bond acceptors (Lipinski definition) is 4. The van der Waals surface area contributed by atoms with E-state index in [0.29, 0.717) is 5.92 Å². The number of hydrogen-bond donors (Lipinski definition) is 1. The van der Waals surface area contributed by atoms with Crippen molar-refractivity contribution >= 4 is 0 Å². The maximum Gasteiger partial charge on any atom is 0.0757 e. The van der Waals surface area contributed by atoms with Gasteiger partial charge in [-0.1, -0.05) is 0 Å². The van der Waals surface area contributed by atoms with Crippen LogP contribution in [0.5, 0.6) is 0 Å². The van der Waals surface area contributed by atoms with Crippen LogP contribution in [0.4, 0.5) is 0 Å². The van der Waals surface area contributed by atoms with Gasteiger partial charge >= 0.3 is 0 Å². The molecule has 0 spiro atoms. The van der Waals surface area contributed by atoms with Gasteiger partial charge in [0.05, 0.1) is 19.8 Å². The van der Waals surface area contributed by atoms with Crippen molar-refractivity contribution in [1.82, 2.24) is 10.4 Å². The normalized spacial score (nSPS) is 27.0. The zero-order valence-corrected chi connectivity index (χ0v) is 7.29. The third-order valence-corrected chi connectivity index (χ3v) is 2.28. The van der Waals surface area contributed by atoms with Crippen molar-refractivity contribution in [2.24, 2.45) is 5.92 Å². The summed E-state index contributed by atoms with van der Waals surface area (Å²) in [6.07, 6.45) is 0. The van der Waals surface area contributed by atoms with E-state index in [9.17, 15) is 0 Å². The molecule has 1 N–H and O–H groups in total. The molecule has 0 aromatic heterocycles. The number of nitrogens with one attached hydrogen (secondary N) is 1. The lowest BCUT2D eigenvalue weighted by atomic mass is 10.1. The van der Waals surface area contributed by atoms with Gasteiger partial charge in [0.25, 0.3) is 0 Å². The van der Waals surface area contributed by atoms with Crippen LogP contribution in [0.3, 0.4) is 0 Å². The Morgan fingerprint density at radius 2 is 2.08 bits per heavy atom. The Morgan fingerprint density at radius 1 is 1.33 bits per heavy atom. The fraction of sp³-hybridized carbons (Fsp3) is 1.00. The topological polar surface area (TPSA) is 33.7 Å². The summed E-state index contributed by atoms with van der Waals surface area (Å²) < 4.78 is 5.06. The van der Waals surface area contributed by atoms with Crippen LogP contribution >= 0.6 is 0 Å². The molecule has 70 valence electrons. The van der Waals surface area contributed by atoms with Crippen molar-refractivity contribution in [3.05, 3.63) is 0 Å². The number of piperazine rings is 1. The molecule has 0 aliphatic carbocycles. The van der Waals surface area contributed by atoms with Gasteiger partial charge in [0.15, 0.2) is 0 Å². The van der Waals surface area contributed by atoms with Crippen LogP contribution in [0, 0.1) is 5.92 Å². The lowest BCUT2D eigenvalue weighted by molar-refractivity contribution is -0.198. The Kier molecular flexibility index (Phi) is 2.94. The van der Waals surface area contributed by atoms with E-state index in [1.165, 1.54) is 0 Å². The molecule has 0 saturated carbocycles. The van der Waals surface area contributed by atoms with Crippen LogP contribution in [-0.4, -0.2) is 51.1 Å². The molecule has 0 unspecified atom stereocenters. The van der Waals surface area contributed by atoms with Gasteiger partial charge in [0.2, 0.25) is 0 Å². The highest BCUT2D eigenvalue weighted by Crippen LogP contribution is 2.10. The second-order valence-electron chi connectivity index (χ2n) is 3.38. The van der Waals surface area contributed by atoms with Crippen molar-refractivity contribution in [3.8, 4) is 0 Å². The maximum atomic E-state index is 5.60.